The molecule has 2 rings (SSSR count). The van der Waals surface area contributed by atoms with Gasteiger partial charge in [0.25, 0.3) is 0 Å². The van der Waals surface area contributed by atoms with Gasteiger partial charge < -0.3 is 5.32 Å². The molecule has 1 amide bonds. The number of halogens is 1. The Labute approximate surface area is 87.5 Å². The van der Waals surface area contributed by atoms with Crippen LogP contribution in [0.1, 0.15) is 23.5 Å². The molecule has 1 aliphatic rings. The number of carbonyl (C=O) groups is 1. The average Bonchev–Trinajstić information content (AvgIpc) is 2.56. The number of pyridine rings is 1. The van der Waals surface area contributed by atoms with E-state index >= 15 is 0 Å². The monoisotopic (exact) mass is 210 g/mol. The fourth-order valence-electron chi connectivity index (χ4n) is 1.69. The van der Waals surface area contributed by atoms with Crippen molar-refractivity contribution in [1.82, 2.24) is 10.3 Å². The highest BCUT2D eigenvalue weighted by molar-refractivity contribution is 6.30. The minimum absolute atomic E-state index is 0.0903. The molecule has 0 bridgehead atoms. The average molecular weight is 211 g/mol. The lowest BCUT2D eigenvalue weighted by Gasteiger charge is -2.09. The summed E-state index contributed by atoms with van der Waals surface area (Å²) in [5.41, 5.74) is 2.05. The quantitative estimate of drug-likeness (QED) is 0.717. The lowest BCUT2D eigenvalue weighted by atomic mass is 9.99. The zero-order valence-corrected chi connectivity index (χ0v) is 8.64. The van der Waals surface area contributed by atoms with Gasteiger partial charge in [0.05, 0.1) is 0 Å². The lowest BCUT2D eigenvalue weighted by Crippen LogP contribution is -2.13. The van der Waals surface area contributed by atoms with Crippen molar-refractivity contribution in [3.8, 4) is 0 Å². The van der Waals surface area contributed by atoms with Crippen LogP contribution in [-0.2, 0) is 4.79 Å². The Bertz CT molecular complexity index is 378. The van der Waals surface area contributed by atoms with Crippen LogP contribution in [0.15, 0.2) is 12.3 Å². The molecule has 0 aromatic carbocycles. The SMILES string of the molecule is Cc1cnc(Cl)c(C2CNC(=O)C2)c1. The van der Waals surface area contributed by atoms with E-state index in [0.29, 0.717) is 18.1 Å². The van der Waals surface area contributed by atoms with E-state index in [1.165, 1.54) is 0 Å². The first-order valence-corrected chi connectivity index (χ1v) is 4.93. The van der Waals surface area contributed by atoms with Crippen LogP contribution >= 0.6 is 11.6 Å². The molecule has 0 spiro atoms. The highest BCUT2D eigenvalue weighted by Gasteiger charge is 2.25. The number of nitrogens with zero attached hydrogens (tertiary/aromatic N) is 1. The maximum atomic E-state index is 11.0. The van der Waals surface area contributed by atoms with Gasteiger partial charge in [-0.15, -0.1) is 0 Å². The number of nitrogens with one attached hydrogen (secondary N) is 1. The maximum absolute atomic E-state index is 11.0. The molecule has 1 aromatic heterocycles. The maximum Gasteiger partial charge on any atom is 0.220 e. The third kappa shape index (κ3) is 1.73. The molecule has 1 saturated heterocycles. The number of hydrogen-bond acceptors (Lipinski definition) is 2. The van der Waals surface area contributed by atoms with Crippen molar-refractivity contribution in [3.63, 3.8) is 0 Å². The first-order valence-electron chi connectivity index (χ1n) is 4.55. The molecule has 0 aliphatic carbocycles. The van der Waals surface area contributed by atoms with Crippen molar-refractivity contribution >= 4 is 17.5 Å². The van der Waals surface area contributed by atoms with Crippen LogP contribution in [0.25, 0.3) is 0 Å². The smallest absolute Gasteiger partial charge is 0.220 e. The molecular formula is C10H11ClN2O. The van der Waals surface area contributed by atoms with E-state index in [0.717, 1.165) is 11.1 Å². The van der Waals surface area contributed by atoms with E-state index < -0.39 is 0 Å². The zero-order chi connectivity index (χ0) is 10.1. The van der Waals surface area contributed by atoms with Crippen LogP contribution < -0.4 is 5.32 Å². The van der Waals surface area contributed by atoms with Crippen LogP contribution in [0, 0.1) is 6.92 Å². The summed E-state index contributed by atoms with van der Waals surface area (Å²) in [6.45, 7) is 2.64. The van der Waals surface area contributed by atoms with Crippen molar-refractivity contribution in [2.24, 2.45) is 0 Å². The topological polar surface area (TPSA) is 42.0 Å². The predicted octanol–water partition coefficient (Wildman–Crippen LogP) is 1.65. The van der Waals surface area contributed by atoms with Crippen LogP contribution in [0.5, 0.6) is 0 Å². The lowest BCUT2D eigenvalue weighted by molar-refractivity contribution is -0.119. The standard InChI is InChI=1S/C10H11ClN2O/c1-6-2-8(10(11)13-4-6)7-3-9(14)12-5-7/h2,4,7H,3,5H2,1H3,(H,12,14). The van der Waals surface area contributed by atoms with Crippen molar-refractivity contribution in [3.05, 3.63) is 28.5 Å². The minimum atomic E-state index is 0.0903. The second-order valence-corrected chi connectivity index (χ2v) is 3.96. The largest absolute Gasteiger partial charge is 0.355 e. The Hall–Kier alpha value is -1.09. The van der Waals surface area contributed by atoms with E-state index in [1.54, 1.807) is 6.20 Å². The summed E-state index contributed by atoms with van der Waals surface area (Å²) in [4.78, 5) is 15.1. The van der Waals surface area contributed by atoms with E-state index in [4.69, 9.17) is 11.6 Å². The van der Waals surface area contributed by atoms with Gasteiger partial charge in [0.1, 0.15) is 5.15 Å². The van der Waals surface area contributed by atoms with Gasteiger partial charge in [0, 0.05) is 25.1 Å². The second-order valence-electron chi connectivity index (χ2n) is 3.60. The Morgan fingerprint density at radius 1 is 1.64 bits per heavy atom. The van der Waals surface area contributed by atoms with E-state index in [9.17, 15) is 4.79 Å². The summed E-state index contributed by atoms with van der Waals surface area (Å²) in [5, 5.41) is 3.30. The van der Waals surface area contributed by atoms with Gasteiger partial charge in [-0.25, -0.2) is 4.98 Å². The highest BCUT2D eigenvalue weighted by atomic mass is 35.5. The fraction of sp³-hybridized carbons (Fsp3) is 0.400. The van der Waals surface area contributed by atoms with Crippen molar-refractivity contribution in [2.75, 3.05) is 6.54 Å². The van der Waals surface area contributed by atoms with Gasteiger partial charge in [0.15, 0.2) is 0 Å². The van der Waals surface area contributed by atoms with E-state index in [-0.39, 0.29) is 11.8 Å². The summed E-state index contributed by atoms with van der Waals surface area (Å²) in [5.74, 6) is 0.273. The molecule has 14 heavy (non-hydrogen) atoms. The number of hydrogen-bond donors (Lipinski definition) is 1. The van der Waals surface area contributed by atoms with Gasteiger partial charge in [-0.05, 0) is 18.1 Å². The molecule has 74 valence electrons. The van der Waals surface area contributed by atoms with Crippen molar-refractivity contribution in [1.29, 1.82) is 0 Å². The number of aryl methyl sites for hydroxylation is 1. The van der Waals surface area contributed by atoms with E-state index in [2.05, 4.69) is 10.3 Å². The first kappa shape index (κ1) is 9.46. The third-order valence-corrected chi connectivity index (χ3v) is 2.74. The van der Waals surface area contributed by atoms with E-state index in [1.807, 2.05) is 13.0 Å². The molecule has 3 nitrogen and oxygen atoms in total. The van der Waals surface area contributed by atoms with Gasteiger partial charge in [-0.3, -0.25) is 4.79 Å². The first-order chi connectivity index (χ1) is 6.66. The molecule has 1 aromatic rings. The number of rotatable bonds is 1. The molecule has 1 atom stereocenters. The highest BCUT2D eigenvalue weighted by Crippen LogP contribution is 2.28. The molecule has 1 unspecified atom stereocenters. The number of carbonyl (C=O) groups excluding carboxylic acids is 1. The Kier molecular flexibility index (Phi) is 2.42. The zero-order valence-electron chi connectivity index (χ0n) is 7.88. The van der Waals surface area contributed by atoms with Crippen LogP contribution in [0.3, 0.4) is 0 Å². The van der Waals surface area contributed by atoms with Crippen LogP contribution in [0.2, 0.25) is 5.15 Å². The molecule has 0 radical (unpaired) electrons. The van der Waals surface area contributed by atoms with Gasteiger partial charge >= 0.3 is 0 Å². The summed E-state index contributed by atoms with van der Waals surface area (Å²) in [6.07, 6.45) is 2.25. The Balaban J connectivity index is 2.31. The molecule has 1 aliphatic heterocycles. The minimum Gasteiger partial charge on any atom is -0.355 e. The van der Waals surface area contributed by atoms with Crippen LogP contribution in [-0.4, -0.2) is 17.4 Å². The molecule has 4 heteroatoms. The van der Waals surface area contributed by atoms with Crippen LogP contribution in [0.4, 0.5) is 0 Å². The molecular weight excluding hydrogens is 200 g/mol. The third-order valence-electron chi connectivity index (χ3n) is 2.42. The van der Waals surface area contributed by atoms with Gasteiger partial charge in [0.2, 0.25) is 5.91 Å². The summed E-state index contributed by atoms with van der Waals surface area (Å²) < 4.78 is 0. The fourth-order valence-corrected chi connectivity index (χ4v) is 1.94. The Morgan fingerprint density at radius 2 is 2.43 bits per heavy atom. The van der Waals surface area contributed by atoms with Crippen molar-refractivity contribution < 1.29 is 4.79 Å². The number of aromatic nitrogens is 1. The number of amides is 1. The Morgan fingerprint density at radius 3 is 3.07 bits per heavy atom. The van der Waals surface area contributed by atoms with Gasteiger partial charge in [-0.1, -0.05) is 17.7 Å². The molecule has 2 heterocycles. The molecule has 1 N–H and O–H groups in total. The summed E-state index contributed by atoms with van der Waals surface area (Å²) in [7, 11) is 0. The van der Waals surface area contributed by atoms with Gasteiger partial charge in [-0.2, -0.15) is 0 Å². The summed E-state index contributed by atoms with van der Waals surface area (Å²) >= 11 is 5.97. The predicted molar refractivity (Wildman–Crippen MR) is 54.4 cm³/mol. The van der Waals surface area contributed by atoms with Crippen molar-refractivity contribution in [2.45, 2.75) is 19.3 Å². The molecule has 1 fully saturated rings. The molecule has 0 saturated carbocycles. The normalized spacial score (nSPS) is 21.0. The second kappa shape index (κ2) is 3.58. The summed E-state index contributed by atoms with van der Waals surface area (Å²) in [6, 6.07) is 2.00.